The van der Waals surface area contributed by atoms with Gasteiger partial charge in [-0.05, 0) is 55.1 Å². The van der Waals surface area contributed by atoms with Crippen molar-refractivity contribution in [2.24, 2.45) is 20.5 Å². The van der Waals surface area contributed by atoms with Gasteiger partial charge in [-0.15, -0.1) is 10.2 Å². The lowest BCUT2D eigenvalue weighted by molar-refractivity contribution is 0.416. The molecule has 4 N–H and O–H groups in total. The second-order valence-corrected chi connectivity index (χ2v) is 9.43. The number of hydrogen-bond donors (Lipinski definition) is 3. The number of methoxy groups -OCH3 is 1. The number of fused-ring (bicyclic) bond motifs is 1. The molecule has 0 radical (unpaired) electrons. The number of phenols is 1. The Bertz CT molecular complexity index is 1630. The molecule has 0 fully saturated rings. The summed E-state index contributed by atoms with van der Waals surface area (Å²) >= 11 is 0. The average Bonchev–Trinajstić information content (AvgIpc) is 2.83. The molecule has 0 aliphatic carbocycles. The predicted octanol–water partition coefficient (Wildman–Crippen LogP) is 6.83. The highest BCUT2D eigenvalue weighted by molar-refractivity contribution is 7.86. The van der Waals surface area contributed by atoms with Crippen molar-refractivity contribution in [1.29, 1.82) is 0 Å². The highest BCUT2D eigenvalue weighted by atomic mass is 32.2. The lowest BCUT2D eigenvalue weighted by Crippen LogP contribution is -1.99. The van der Waals surface area contributed by atoms with Gasteiger partial charge in [0.1, 0.15) is 22.0 Å². The summed E-state index contributed by atoms with van der Waals surface area (Å²) in [6.45, 7) is 3.77. The third-order valence-electron chi connectivity index (χ3n) is 5.45. The van der Waals surface area contributed by atoms with Crippen LogP contribution >= 0.6 is 0 Å². The first-order chi connectivity index (χ1) is 17.1. The van der Waals surface area contributed by atoms with E-state index in [2.05, 4.69) is 20.5 Å². The first-order valence-electron chi connectivity index (χ1n) is 10.7. The Kier molecular flexibility index (Phi) is 6.69. The van der Waals surface area contributed by atoms with Gasteiger partial charge in [0.05, 0.1) is 18.5 Å². The number of nitrogens with two attached hydrogens (primary N) is 1. The van der Waals surface area contributed by atoms with Crippen LogP contribution in [0.25, 0.3) is 10.8 Å². The third-order valence-corrected chi connectivity index (χ3v) is 6.32. The van der Waals surface area contributed by atoms with Crippen LogP contribution in [0.5, 0.6) is 11.5 Å². The van der Waals surface area contributed by atoms with Gasteiger partial charge >= 0.3 is 0 Å². The van der Waals surface area contributed by atoms with Crippen LogP contribution in [0.3, 0.4) is 0 Å². The van der Waals surface area contributed by atoms with Crippen LogP contribution in [0.15, 0.2) is 86.0 Å². The molecule has 0 bridgehead atoms. The van der Waals surface area contributed by atoms with E-state index in [4.69, 9.17) is 10.5 Å². The van der Waals surface area contributed by atoms with Crippen molar-refractivity contribution in [1.82, 2.24) is 0 Å². The molecule has 10 nitrogen and oxygen atoms in total. The summed E-state index contributed by atoms with van der Waals surface area (Å²) in [7, 11) is -3.31. The van der Waals surface area contributed by atoms with Gasteiger partial charge < -0.3 is 15.6 Å². The van der Waals surface area contributed by atoms with E-state index in [-0.39, 0.29) is 22.5 Å². The standard InChI is InChI=1S/C25H23N5O5S/c1-14-7-9-17(10-8-14)27-28-19-13-21(35-3)20(11-15(19)2)29-30-24-22(36(32,33)34)12-16-5-4-6-18(26)23(16)25(24)31/h4-13,31H,26H2,1-3H3,(H,32,33,34)/b28-27+,30-29+. The summed E-state index contributed by atoms with van der Waals surface area (Å²) in [5.41, 5.74) is 8.99. The van der Waals surface area contributed by atoms with Crippen LogP contribution in [0, 0.1) is 13.8 Å². The van der Waals surface area contributed by atoms with Crippen LogP contribution in [-0.4, -0.2) is 25.2 Å². The number of anilines is 1. The molecule has 4 rings (SSSR count). The Morgan fingerprint density at radius 3 is 2.25 bits per heavy atom. The van der Waals surface area contributed by atoms with Crippen LogP contribution in [-0.2, 0) is 10.1 Å². The van der Waals surface area contributed by atoms with Crippen molar-refractivity contribution in [2.75, 3.05) is 12.8 Å². The minimum Gasteiger partial charge on any atom is -0.505 e. The molecule has 0 heterocycles. The summed E-state index contributed by atoms with van der Waals surface area (Å²) in [6, 6.07) is 16.7. The molecule has 36 heavy (non-hydrogen) atoms. The number of nitrogens with zero attached hydrogens (tertiary/aromatic N) is 4. The van der Waals surface area contributed by atoms with Gasteiger partial charge in [-0.1, -0.05) is 29.8 Å². The fourth-order valence-corrected chi connectivity index (χ4v) is 4.22. The lowest BCUT2D eigenvalue weighted by atomic mass is 10.1. The van der Waals surface area contributed by atoms with Crippen LogP contribution in [0.2, 0.25) is 0 Å². The summed E-state index contributed by atoms with van der Waals surface area (Å²) < 4.78 is 39.2. The number of benzene rings is 4. The smallest absolute Gasteiger partial charge is 0.296 e. The molecule has 0 saturated heterocycles. The minimum atomic E-state index is -4.74. The average molecular weight is 506 g/mol. The Balaban J connectivity index is 1.78. The molecule has 0 unspecified atom stereocenters. The number of ether oxygens (including phenoxy) is 1. The Labute approximate surface area is 207 Å². The zero-order valence-corrected chi connectivity index (χ0v) is 20.5. The quantitative estimate of drug-likeness (QED) is 0.148. The number of nitrogen functional groups attached to an aromatic ring is 1. The molecular formula is C25H23N5O5S. The molecule has 0 aromatic heterocycles. The molecule has 11 heteroatoms. The van der Waals surface area contributed by atoms with Crippen molar-refractivity contribution < 1.29 is 22.8 Å². The molecule has 0 spiro atoms. The number of aromatic hydroxyl groups is 1. The maximum atomic E-state index is 12.0. The van der Waals surface area contributed by atoms with E-state index in [0.29, 0.717) is 22.3 Å². The van der Waals surface area contributed by atoms with Crippen molar-refractivity contribution in [3.8, 4) is 11.5 Å². The van der Waals surface area contributed by atoms with E-state index in [0.717, 1.165) is 5.56 Å². The molecular weight excluding hydrogens is 482 g/mol. The Hall–Kier alpha value is -4.35. The second kappa shape index (κ2) is 9.72. The zero-order valence-electron chi connectivity index (χ0n) is 19.7. The number of rotatable bonds is 6. The fourth-order valence-electron chi connectivity index (χ4n) is 3.56. The van der Waals surface area contributed by atoms with Gasteiger partial charge in [0.2, 0.25) is 0 Å². The highest BCUT2D eigenvalue weighted by Crippen LogP contribution is 2.44. The molecule has 0 amide bonds. The molecule has 0 aliphatic rings. The molecule has 4 aromatic carbocycles. The normalized spacial score (nSPS) is 12.1. The topological polar surface area (TPSA) is 159 Å². The van der Waals surface area contributed by atoms with Gasteiger partial charge in [-0.25, -0.2) is 0 Å². The largest absolute Gasteiger partial charge is 0.505 e. The number of aryl methyl sites for hydroxylation is 2. The first kappa shape index (κ1) is 24.8. The maximum absolute atomic E-state index is 12.0. The lowest BCUT2D eigenvalue weighted by Gasteiger charge is -2.11. The van der Waals surface area contributed by atoms with Crippen molar-refractivity contribution >= 4 is 49.3 Å². The summed E-state index contributed by atoms with van der Waals surface area (Å²) in [6.07, 6.45) is 0. The molecule has 184 valence electrons. The number of hydrogen-bond acceptors (Lipinski definition) is 9. The summed E-state index contributed by atoms with van der Waals surface area (Å²) in [5.74, 6) is -0.239. The van der Waals surface area contributed by atoms with Gasteiger partial charge in [-0.3, -0.25) is 4.55 Å². The molecule has 0 aliphatic heterocycles. The SMILES string of the molecule is COc1cc(/N=N/c2ccc(C)cc2)c(C)cc1/N=N/c1c(S(=O)(=O)O)cc2cccc(N)c2c1O. The van der Waals surface area contributed by atoms with Crippen molar-refractivity contribution in [2.45, 2.75) is 18.7 Å². The number of phenolic OH excluding ortho intramolecular Hbond substituents is 1. The fraction of sp³-hybridized carbons (Fsp3) is 0.120. The van der Waals surface area contributed by atoms with Crippen molar-refractivity contribution in [3.05, 3.63) is 71.8 Å². The minimum absolute atomic E-state index is 0.189. The van der Waals surface area contributed by atoms with E-state index in [1.807, 2.05) is 31.2 Å². The van der Waals surface area contributed by atoms with Gasteiger partial charge in [0.25, 0.3) is 10.1 Å². The zero-order chi connectivity index (χ0) is 26.0. The van der Waals surface area contributed by atoms with E-state index in [1.165, 1.54) is 13.2 Å². The Morgan fingerprint density at radius 2 is 1.58 bits per heavy atom. The van der Waals surface area contributed by atoms with Crippen molar-refractivity contribution in [3.63, 3.8) is 0 Å². The second-order valence-electron chi connectivity index (χ2n) is 8.04. The first-order valence-corrected chi connectivity index (χ1v) is 12.1. The van der Waals surface area contributed by atoms with E-state index in [9.17, 15) is 18.1 Å². The van der Waals surface area contributed by atoms with Crippen LogP contribution in [0.1, 0.15) is 11.1 Å². The molecule has 0 atom stereocenters. The summed E-state index contributed by atoms with van der Waals surface area (Å²) in [4.78, 5) is -0.610. The van der Waals surface area contributed by atoms with Crippen LogP contribution in [0.4, 0.5) is 28.4 Å². The van der Waals surface area contributed by atoms with Gasteiger partial charge in [-0.2, -0.15) is 18.6 Å². The summed E-state index contributed by atoms with van der Waals surface area (Å²) in [5, 5.41) is 27.9. The number of azo groups is 2. The third kappa shape index (κ3) is 5.02. The Morgan fingerprint density at radius 1 is 0.889 bits per heavy atom. The monoisotopic (exact) mass is 505 g/mol. The highest BCUT2D eigenvalue weighted by Gasteiger charge is 2.23. The molecule has 0 saturated carbocycles. The predicted molar refractivity (Wildman–Crippen MR) is 137 cm³/mol. The maximum Gasteiger partial charge on any atom is 0.296 e. The molecule has 4 aromatic rings. The van der Waals surface area contributed by atoms with Gasteiger partial charge in [0.15, 0.2) is 5.75 Å². The van der Waals surface area contributed by atoms with E-state index in [1.54, 1.807) is 37.3 Å². The van der Waals surface area contributed by atoms with Crippen LogP contribution < -0.4 is 10.5 Å². The van der Waals surface area contributed by atoms with E-state index >= 15 is 0 Å². The van der Waals surface area contributed by atoms with E-state index < -0.39 is 26.5 Å². The van der Waals surface area contributed by atoms with Gasteiger partial charge in [0, 0.05) is 17.1 Å².